The molecule has 4 heterocycles. The van der Waals surface area contributed by atoms with Crippen LogP contribution in [0.5, 0.6) is 5.88 Å². The fourth-order valence-corrected chi connectivity index (χ4v) is 8.24. The Morgan fingerprint density at radius 3 is 2.56 bits per heavy atom. The summed E-state index contributed by atoms with van der Waals surface area (Å²) >= 11 is 0. The summed E-state index contributed by atoms with van der Waals surface area (Å²) in [5.41, 5.74) is 6.65. The molecule has 13 nitrogen and oxygen atoms in total. The number of urea groups is 1. The Hall–Kier alpha value is -5.27. The van der Waals surface area contributed by atoms with Gasteiger partial charge in [0.05, 0.1) is 31.0 Å². The summed E-state index contributed by atoms with van der Waals surface area (Å²) in [7, 11) is 2.98. The smallest absolute Gasteiger partial charge is 0.330 e. The monoisotopic (exact) mass is 707 g/mol. The molecule has 0 bridgehead atoms. The largest absolute Gasteiger partial charge is 0.481 e. The predicted octanol–water partition coefficient (Wildman–Crippen LogP) is 3.67. The van der Waals surface area contributed by atoms with Crippen LogP contribution in [0.25, 0.3) is 22.4 Å². The SMILES string of the molecule is COc1nc(-c2cccc(-c3cccc(NC(=O)c4cn(C[C@H](C)O)c(=O)n(C)c4=O)c3C)c2C)cc2c1[C@@H](N1CC[C@]3(CCNC(=O)N3)C1)CC2. The van der Waals surface area contributed by atoms with Crippen LogP contribution in [-0.4, -0.2) is 74.4 Å². The third kappa shape index (κ3) is 6.28. The fraction of sp³-hybridized carbons (Fsp3) is 0.410. The number of carbonyl (C=O) groups excluding carboxylic acids is 2. The van der Waals surface area contributed by atoms with E-state index in [0.29, 0.717) is 18.1 Å². The van der Waals surface area contributed by atoms with Gasteiger partial charge in [-0.3, -0.25) is 23.6 Å². The zero-order chi connectivity index (χ0) is 36.9. The zero-order valence-corrected chi connectivity index (χ0v) is 30.2. The molecule has 2 aromatic carbocycles. The van der Waals surface area contributed by atoms with Gasteiger partial charge in [-0.15, -0.1) is 0 Å². The molecule has 0 unspecified atom stereocenters. The van der Waals surface area contributed by atoms with Gasteiger partial charge in [0.2, 0.25) is 5.88 Å². The molecule has 3 amide bonds. The molecule has 2 saturated heterocycles. The molecular formula is C39H45N7O6. The molecule has 7 rings (SSSR count). The third-order valence-corrected chi connectivity index (χ3v) is 11.0. The second kappa shape index (κ2) is 13.7. The number of anilines is 1. The van der Waals surface area contributed by atoms with Crippen molar-refractivity contribution >= 4 is 17.6 Å². The maximum Gasteiger partial charge on any atom is 0.330 e. The molecule has 52 heavy (non-hydrogen) atoms. The van der Waals surface area contributed by atoms with Crippen LogP contribution in [0.1, 0.15) is 64.8 Å². The van der Waals surface area contributed by atoms with E-state index < -0.39 is 23.3 Å². The first-order chi connectivity index (χ1) is 24.9. The Balaban J connectivity index is 1.17. The highest BCUT2D eigenvalue weighted by Crippen LogP contribution is 2.46. The van der Waals surface area contributed by atoms with Gasteiger partial charge in [0.25, 0.3) is 11.5 Å². The van der Waals surface area contributed by atoms with Crippen molar-refractivity contribution in [1.82, 2.24) is 29.7 Å². The fourth-order valence-electron chi connectivity index (χ4n) is 8.24. The lowest BCUT2D eigenvalue weighted by Gasteiger charge is -2.36. The minimum Gasteiger partial charge on any atom is -0.481 e. The van der Waals surface area contributed by atoms with Crippen molar-refractivity contribution in [2.24, 2.45) is 7.05 Å². The standard InChI is InChI=1S/C39H45N7O6/c1-22(47)19-46-20-29(36(49)44(4)38(46)51)34(48)41-30-11-7-9-27(24(30)3)26-8-6-10-28(23(26)2)31-18-25-12-13-32(33(25)35(42-31)52-5)45-17-15-39(21-45)14-16-40-37(50)43-39/h6-11,18,20,22,32,47H,12-17,19,21H2,1-5H3,(H,41,48)(H2,40,43,50)/t22-,32-,39+/m0/s1. The number of fused-ring (bicyclic) bond motifs is 1. The van der Waals surface area contributed by atoms with E-state index in [1.165, 1.54) is 30.3 Å². The molecule has 272 valence electrons. The van der Waals surface area contributed by atoms with E-state index in [9.17, 15) is 24.3 Å². The first-order valence-corrected chi connectivity index (χ1v) is 17.8. The molecule has 4 aromatic rings. The number of pyridine rings is 1. The summed E-state index contributed by atoms with van der Waals surface area (Å²) in [6.07, 6.45) is 4.06. The summed E-state index contributed by atoms with van der Waals surface area (Å²) in [4.78, 5) is 58.6. The molecule has 0 saturated carbocycles. The number of hydrogen-bond acceptors (Lipinski definition) is 8. The third-order valence-electron chi connectivity index (χ3n) is 11.0. The number of hydrogen-bond donors (Lipinski definition) is 4. The van der Waals surface area contributed by atoms with Gasteiger partial charge >= 0.3 is 11.7 Å². The Morgan fingerprint density at radius 1 is 1.10 bits per heavy atom. The van der Waals surface area contributed by atoms with Crippen molar-refractivity contribution < 1.29 is 19.4 Å². The number of nitrogens with zero attached hydrogens (tertiary/aromatic N) is 4. The highest BCUT2D eigenvalue weighted by Gasteiger charge is 2.45. The molecule has 2 aromatic heterocycles. The number of benzene rings is 2. The number of amides is 3. The average Bonchev–Trinajstić information content (AvgIpc) is 3.73. The summed E-state index contributed by atoms with van der Waals surface area (Å²) in [6, 6.07) is 14.0. The van der Waals surface area contributed by atoms with E-state index >= 15 is 0 Å². The number of aromatic nitrogens is 3. The van der Waals surface area contributed by atoms with E-state index in [0.717, 1.165) is 82.4 Å². The van der Waals surface area contributed by atoms with Crippen molar-refractivity contribution in [2.45, 2.75) is 70.7 Å². The summed E-state index contributed by atoms with van der Waals surface area (Å²) in [5, 5.41) is 18.8. The zero-order valence-electron chi connectivity index (χ0n) is 30.2. The Kier molecular flexibility index (Phi) is 9.26. The lowest BCUT2D eigenvalue weighted by Crippen LogP contribution is -2.59. The number of aliphatic hydroxyl groups excluding tert-OH is 1. The number of likely N-dealkylation sites (tertiary alicyclic amines) is 1. The number of aliphatic hydroxyl groups is 1. The number of ether oxygens (including phenoxy) is 1. The van der Waals surface area contributed by atoms with Gasteiger partial charge in [0.15, 0.2) is 0 Å². The van der Waals surface area contributed by atoms with Crippen LogP contribution in [0.3, 0.4) is 0 Å². The number of rotatable bonds is 8. The van der Waals surface area contributed by atoms with Crippen LogP contribution in [-0.2, 0) is 20.0 Å². The molecule has 4 N–H and O–H groups in total. The van der Waals surface area contributed by atoms with Gasteiger partial charge in [-0.05, 0) is 86.4 Å². The highest BCUT2D eigenvalue weighted by atomic mass is 16.5. The molecule has 2 aliphatic heterocycles. The van der Waals surface area contributed by atoms with E-state index in [2.05, 4.69) is 39.9 Å². The van der Waals surface area contributed by atoms with Crippen LogP contribution >= 0.6 is 0 Å². The van der Waals surface area contributed by atoms with Crippen LogP contribution in [0.2, 0.25) is 0 Å². The van der Waals surface area contributed by atoms with E-state index in [1.807, 2.05) is 31.2 Å². The summed E-state index contributed by atoms with van der Waals surface area (Å²) in [5.74, 6) is -0.0232. The van der Waals surface area contributed by atoms with E-state index in [4.69, 9.17) is 9.72 Å². The molecule has 1 aliphatic carbocycles. The maximum absolute atomic E-state index is 13.5. The normalized spacial score (nSPS) is 20.3. The van der Waals surface area contributed by atoms with Crippen molar-refractivity contribution in [1.29, 1.82) is 0 Å². The van der Waals surface area contributed by atoms with Gasteiger partial charge in [0, 0.05) is 55.7 Å². The van der Waals surface area contributed by atoms with E-state index in [1.54, 1.807) is 13.2 Å². The number of carbonyl (C=O) groups is 2. The molecular weight excluding hydrogens is 662 g/mol. The first kappa shape index (κ1) is 35.1. The molecule has 3 atom stereocenters. The minimum absolute atomic E-state index is 0.0546. The van der Waals surface area contributed by atoms with Gasteiger partial charge in [-0.2, -0.15) is 0 Å². The Bertz CT molecular complexity index is 2210. The first-order valence-electron chi connectivity index (χ1n) is 17.8. The lowest BCUT2D eigenvalue weighted by atomic mass is 9.91. The van der Waals surface area contributed by atoms with Gasteiger partial charge < -0.3 is 25.8 Å². The van der Waals surface area contributed by atoms with Crippen LogP contribution in [0, 0.1) is 13.8 Å². The Morgan fingerprint density at radius 2 is 1.83 bits per heavy atom. The summed E-state index contributed by atoms with van der Waals surface area (Å²) in [6.45, 7) is 7.85. The van der Waals surface area contributed by atoms with Crippen LogP contribution < -0.4 is 31.9 Å². The molecule has 3 aliphatic rings. The van der Waals surface area contributed by atoms with Crippen LogP contribution in [0.15, 0.2) is 58.3 Å². The highest BCUT2D eigenvalue weighted by molar-refractivity contribution is 6.04. The van der Waals surface area contributed by atoms with Crippen molar-refractivity contribution in [3.05, 3.63) is 97.3 Å². The van der Waals surface area contributed by atoms with Gasteiger partial charge in [-0.25, -0.2) is 14.6 Å². The minimum atomic E-state index is -0.845. The molecule has 2 fully saturated rings. The average molecular weight is 708 g/mol. The topological polar surface area (TPSA) is 160 Å². The van der Waals surface area contributed by atoms with Crippen molar-refractivity contribution in [3.63, 3.8) is 0 Å². The quantitative estimate of drug-likeness (QED) is 0.216. The van der Waals surface area contributed by atoms with Gasteiger partial charge in [-0.1, -0.05) is 30.3 Å². The molecule has 13 heteroatoms. The number of aryl methyl sites for hydroxylation is 1. The second-order valence-electron chi connectivity index (χ2n) is 14.4. The maximum atomic E-state index is 13.5. The predicted molar refractivity (Wildman–Crippen MR) is 198 cm³/mol. The van der Waals surface area contributed by atoms with Gasteiger partial charge in [0.1, 0.15) is 5.56 Å². The van der Waals surface area contributed by atoms with Crippen LogP contribution in [0.4, 0.5) is 10.5 Å². The summed E-state index contributed by atoms with van der Waals surface area (Å²) < 4.78 is 8.00. The number of nitrogens with one attached hydrogen (secondary N) is 3. The molecule has 0 radical (unpaired) electrons. The molecule has 1 spiro atoms. The number of methoxy groups -OCH3 is 1. The Labute approximate surface area is 301 Å². The lowest BCUT2D eigenvalue weighted by molar-refractivity contribution is 0.102. The second-order valence-corrected chi connectivity index (χ2v) is 14.4. The van der Waals surface area contributed by atoms with E-state index in [-0.39, 0.29) is 29.7 Å². The van der Waals surface area contributed by atoms with Crippen molar-refractivity contribution in [2.75, 3.05) is 32.1 Å². The van der Waals surface area contributed by atoms with Crippen molar-refractivity contribution in [3.8, 4) is 28.3 Å².